The molecule has 18 heavy (non-hydrogen) atoms. The summed E-state index contributed by atoms with van der Waals surface area (Å²) in [5.41, 5.74) is 0. The zero-order valence-corrected chi connectivity index (χ0v) is 10.9. The first kappa shape index (κ1) is 14.5. The number of hydrogen-bond donors (Lipinski definition) is 1. The molecule has 2 amide bonds. The minimum atomic E-state index is -0.783. The van der Waals surface area contributed by atoms with Crippen LogP contribution in [0.3, 0.4) is 0 Å². The first-order valence-corrected chi connectivity index (χ1v) is 6.17. The van der Waals surface area contributed by atoms with Gasteiger partial charge in [-0.3, -0.25) is 9.59 Å². The Morgan fingerprint density at radius 2 is 2.11 bits per heavy atom. The van der Waals surface area contributed by atoms with Crippen LogP contribution in [0.25, 0.3) is 0 Å². The van der Waals surface area contributed by atoms with E-state index in [0.717, 1.165) is 19.3 Å². The van der Waals surface area contributed by atoms with Crippen LogP contribution in [-0.4, -0.2) is 48.9 Å². The van der Waals surface area contributed by atoms with Crippen molar-refractivity contribution in [2.24, 2.45) is 0 Å². The molecule has 0 aromatic carbocycles. The minimum absolute atomic E-state index is 0.0340. The fourth-order valence-electron chi connectivity index (χ4n) is 2.02. The number of rotatable bonds is 4. The quantitative estimate of drug-likeness (QED) is 0.722. The standard InChI is InChI=1S/C12H20N2O4/c1-9(15)13-10(12(17)18-2)8-14-7-5-3-4-6-11(14)16/h10H,3-8H2,1-2H3,(H,13,15). The van der Waals surface area contributed by atoms with E-state index < -0.39 is 12.0 Å². The lowest BCUT2D eigenvalue weighted by atomic mass is 10.2. The largest absolute Gasteiger partial charge is 0.467 e. The molecule has 0 aromatic heterocycles. The maximum atomic E-state index is 11.8. The summed E-state index contributed by atoms with van der Waals surface area (Å²) in [4.78, 5) is 36.0. The molecule has 0 spiro atoms. The van der Waals surface area contributed by atoms with Gasteiger partial charge in [0, 0.05) is 19.9 Å². The second-order valence-electron chi connectivity index (χ2n) is 4.43. The van der Waals surface area contributed by atoms with Gasteiger partial charge in [0.2, 0.25) is 11.8 Å². The molecule has 1 fully saturated rings. The molecule has 1 N–H and O–H groups in total. The smallest absolute Gasteiger partial charge is 0.330 e. The van der Waals surface area contributed by atoms with Crippen molar-refractivity contribution in [2.45, 2.75) is 38.6 Å². The summed E-state index contributed by atoms with van der Waals surface area (Å²) >= 11 is 0. The zero-order chi connectivity index (χ0) is 13.5. The number of nitrogens with one attached hydrogen (secondary N) is 1. The molecule has 1 atom stereocenters. The van der Waals surface area contributed by atoms with Gasteiger partial charge in [0.05, 0.1) is 13.7 Å². The Balaban J connectivity index is 2.65. The molecule has 0 radical (unpaired) electrons. The predicted molar refractivity (Wildman–Crippen MR) is 64.7 cm³/mol. The molecule has 6 heteroatoms. The topological polar surface area (TPSA) is 75.7 Å². The van der Waals surface area contributed by atoms with Crippen LogP contribution in [0, 0.1) is 0 Å². The second-order valence-corrected chi connectivity index (χ2v) is 4.43. The summed E-state index contributed by atoms with van der Waals surface area (Å²) in [7, 11) is 1.27. The molecule has 0 aliphatic carbocycles. The number of ether oxygens (including phenoxy) is 1. The van der Waals surface area contributed by atoms with Crippen molar-refractivity contribution < 1.29 is 19.1 Å². The third kappa shape index (κ3) is 4.35. The van der Waals surface area contributed by atoms with Gasteiger partial charge in [-0.1, -0.05) is 6.42 Å². The van der Waals surface area contributed by atoms with Gasteiger partial charge in [-0.05, 0) is 12.8 Å². The molecular weight excluding hydrogens is 236 g/mol. The van der Waals surface area contributed by atoms with Crippen molar-refractivity contribution in [2.75, 3.05) is 20.2 Å². The van der Waals surface area contributed by atoms with Crippen LogP contribution in [0.5, 0.6) is 0 Å². The van der Waals surface area contributed by atoms with Crippen LogP contribution in [0.1, 0.15) is 32.6 Å². The predicted octanol–water partition coefficient (Wildman–Crippen LogP) is 0.0667. The van der Waals surface area contributed by atoms with Crippen molar-refractivity contribution in [3.8, 4) is 0 Å². The lowest BCUT2D eigenvalue weighted by Gasteiger charge is -2.25. The van der Waals surface area contributed by atoms with Crippen LogP contribution < -0.4 is 5.32 Å². The lowest BCUT2D eigenvalue weighted by Crippen LogP contribution is -2.49. The van der Waals surface area contributed by atoms with Gasteiger partial charge in [0.25, 0.3) is 0 Å². The van der Waals surface area contributed by atoms with E-state index in [1.807, 2.05) is 0 Å². The van der Waals surface area contributed by atoms with Gasteiger partial charge in [-0.2, -0.15) is 0 Å². The molecule has 1 aliphatic heterocycles. The maximum Gasteiger partial charge on any atom is 0.330 e. The van der Waals surface area contributed by atoms with Crippen molar-refractivity contribution in [3.63, 3.8) is 0 Å². The molecule has 1 unspecified atom stereocenters. The Labute approximate surface area is 107 Å². The molecule has 1 heterocycles. The number of methoxy groups -OCH3 is 1. The molecular formula is C12H20N2O4. The van der Waals surface area contributed by atoms with E-state index in [0.29, 0.717) is 13.0 Å². The number of nitrogens with zero attached hydrogens (tertiary/aromatic N) is 1. The first-order valence-electron chi connectivity index (χ1n) is 6.17. The summed E-state index contributed by atoms with van der Waals surface area (Å²) in [6, 6.07) is -0.783. The van der Waals surface area contributed by atoms with Crippen molar-refractivity contribution in [1.29, 1.82) is 0 Å². The van der Waals surface area contributed by atoms with Crippen LogP contribution in [0.4, 0.5) is 0 Å². The van der Waals surface area contributed by atoms with Gasteiger partial charge in [0.15, 0.2) is 0 Å². The zero-order valence-electron chi connectivity index (χ0n) is 10.9. The number of carbonyl (C=O) groups excluding carboxylic acids is 3. The van der Waals surface area contributed by atoms with E-state index in [1.54, 1.807) is 4.90 Å². The Kier molecular flexibility index (Phi) is 5.61. The van der Waals surface area contributed by atoms with Crippen LogP contribution >= 0.6 is 0 Å². The lowest BCUT2D eigenvalue weighted by molar-refractivity contribution is -0.146. The SMILES string of the molecule is COC(=O)C(CN1CCCCCC1=O)NC(C)=O. The fourth-order valence-corrected chi connectivity index (χ4v) is 2.02. The third-order valence-electron chi connectivity index (χ3n) is 2.94. The van der Waals surface area contributed by atoms with E-state index in [-0.39, 0.29) is 18.4 Å². The van der Waals surface area contributed by atoms with Crippen LogP contribution in [-0.2, 0) is 19.1 Å². The highest BCUT2D eigenvalue weighted by atomic mass is 16.5. The Bertz CT molecular complexity index is 330. The Hall–Kier alpha value is -1.59. The summed E-state index contributed by atoms with van der Waals surface area (Å²) in [6.45, 7) is 2.15. The van der Waals surface area contributed by atoms with Crippen LogP contribution in [0.2, 0.25) is 0 Å². The van der Waals surface area contributed by atoms with Crippen LogP contribution in [0.15, 0.2) is 0 Å². The highest BCUT2D eigenvalue weighted by Gasteiger charge is 2.26. The summed E-state index contributed by atoms with van der Waals surface area (Å²) in [5, 5.41) is 2.51. The highest BCUT2D eigenvalue weighted by molar-refractivity contribution is 5.84. The number of hydrogen-bond acceptors (Lipinski definition) is 4. The summed E-state index contributed by atoms with van der Waals surface area (Å²) < 4.78 is 4.63. The molecule has 102 valence electrons. The Morgan fingerprint density at radius 3 is 2.72 bits per heavy atom. The van der Waals surface area contributed by atoms with Gasteiger partial charge >= 0.3 is 5.97 Å². The molecule has 1 rings (SSSR count). The van der Waals surface area contributed by atoms with E-state index in [2.05, 4.69) is 10.1 Å². The minimum Gasteiger partial charge on any atom is -0.467 e. The third-order valence-corrected chi connectivity index (χ3v) is 2.94. The average molecular weight is 256 g/mol. The maximum absolute atomic E-state index is 11.8. The number of carbonyl (C=O) groups is 3. The monoisotopic (exact) mass is 256 g/mol. The molecule has 1 saturated heterocycles. The van der Waals surface area contributed by atoms with Gasteiger partial charge in [-0.15, -0.1) is 0 Å². The van der Waals surface area contributed by atoms with E-state index in [1.165, 1.54) is 14.0 Å². The molecule has 0 saturated carbocycles. The molecule has 0 aromatic rings. The normalized spacial score (nSPS) is 17.9. The average Bonchev–Trinajstić information content (AvgIpc) is 2.52. The second kappa shape index (κ2) is 6.98. The molecule has 1 aliphatic rings. The fraction of sp³-hybridized carbons (Fsp3) is 0.750. The van der Waals surface area contributed by atoms with Gasteiger partial charge < -0.3 is 15.0 Å². The van der Waals surface area contributed by atoms with Gasteiger partial charge in [-0.25, -0.2) is 4.79 Å². The highest BCUT2D eigenvalue weighted by Crippen LogP contribution is 2.11. The summed E-state index contributed by atoms with van der Waals surface area (Å²) in [5.74, 6) is -0.804. The molecule has 6 nitrogen and oxygen atoms in total. The first-order chi connectivity index (χ1) is 8.54. The summed E-state index contributed by atoms with van der Waals surface area (Å²) in [6.07, 6.45) is 3.34. The van der Waals surface area contributed by atoms with E-state index in [9.17, 15) is 14.4 Å². The van der Waals surface area contributed by atoms with Crippen molar-refractivity contribution in [3.05, 3.63) is 0 Å². The van der Waals surface area contributed by atoms with Crippen molar-refractivity contribution in [1.82, 2.24) is 10.2 Å². The number of esters is 1. The number of likely N-dealkylation sites (tertiary alicyclic amines) is 1. The van der Waals surface area contributed by atoms with Crippen molar-refractivity contribution >= 4 is 17.8 Å². The number of amides is 2. The van der Waals surface area contributed by atoms with E-state index in [4.69, 9.17) is 0 Å². The van der Waals surface area contributed by atoms with Gasteiger partial charge in [0.1, 0.15) is 6.04 Å². The Morgan fingerprint density at radius 1 is 1.39 bits per heavy atom. The van der Waals surface area contributed by atoms with E-state index >= 15 is 0 Å². The molecule has 0 bridgehead atoms.